The summed E-state index contributed by atoms with van der Waals surface area (Å²) in [6.07, 6.45) is -0.360. The molecule has 5 heteroatoms. The van der Waals surface area contributed by atoms with Crippen LogP contribution in [0.3, 0.4) is 0 Å². The van der Waals surface area contributed by atoms with Crippen molar-refractivity contribution in [3.05, 3.63) is 211 Å². The minimum absolute atomic E-state index is 0.0493. The van der Waals surface area contributed by atoms with Gasteiger partial charge in [0.25, 0.3) is 0 Å². The number of aromatic nitrogens is 2. The molecule has 0 saturated carbocycles. The summed E-state index contributed by atoms with van der Waals surface area (Å²) in [6.45, 7) is 0. The van der Waals surface area contributed by atoms with E-state index in [-0.39, 0.29) is 30.3 Å². The molecule has 2 aromatic heterocycles. The minimum Gasteiger partial charge on any atom is -0.344 e. The van der Waals surface area contributed by atoms with Gasteiger partial charge in [-0.1, -0.05) is 158 Å². The Kier molecular flexibility index (Phi) is 6.56. The molecule has 0 fully saturated rings. The van der Waals surface area contributed by atoms with Crippen molar-refractivity contribution in [2.24, 2.45) is 9.98 Å². The Morgan fingerprint density at radius 1 is 0.446 bits per heavy atom. The van der Waals surface area contributed by atoms with Gasteiger partial charge in [-0.2, -0.15) is 4.99 Å². The van der Waals surface area contributed by atoms with E-state index in [1.165, 1.54) is 0 Å². The van der Waals surface area contributed by atoms with Crippen LogP contribution >= 0.6 is 0 Å². The predicted molar refractivity (Wildman–Crippen MR) is 233 cm³/mol. The highest BCUT2D eigenvalue weighted by molar-refractivity contribution is 6.17. The van der Waals surface area contributed by atoms with Gasteiger partial charge in [-0.05, 0) is 70.3 Å². The van der Waals surface area contributed by atoms with Crippen LogP contribution < -0.4 is 5.32 Å². The molecule has 0 bridgehead atoms. The molecular formula is C51H35N5. The first-order valence-corrected chi connectivity index (χ1v) is 18.7. The highest BCUT2D eigenvalue weighted by Crippen LogP contribution is 2.36. The second-order valence-electron chi connectivity index (χ2n) is 14.0. The number of nitrogens with zero attached hydrogens (tertiary/aromatic N) is 4. The van der Waals surface area contributed by atoms with Crippen molar-refractivity contribution in [3.63, 3.8) is 0 Å². The third kappa shape index (κ3) is 5.32. The van der Waals surface area contributed by atoms with Crippen LogP contribution in [0.2, 0.25) is 0 Å². The molecule has 5 nitrogen and oxygen atoms in total. The number of benzene rings is 8. The van der Waals surface area contributed by atoms with Gasteiger partial charge in [0.2, 0.25) is 5.96 Å². The van der Waals surface area contributed by atoms with Gasteiger partial charge in [-0.25, -0.2) is 4.99 Å². The van der Waals surface area contributed by atoms with E-state index in [1.54, 1.807) is 0 Å². The van der Waals surface area contributed by atoms with Gasteiger partial charge in [0.15, 0.2) is 0 Å². The second kappa shape index (κ2) is 13.1. The third-order valence-electron chi connectivity index (χ3n) is 10.7. The fourth-order valence-electron chi connectivity index (χ4n) is 8.07. The number of hydrogen-bond donors (Lipinski definition) is 1. The molecule has 1 unspecified atom stereocenters. The van der Waals surface area contributed by atoms with E-state index in [0.717, 1.165) is 71.8 Å². The summed E-state index contributed by atoms with van der Waals surface area (Å²) >= 11 is 0. The number of hydrogen-bond acceptors (Lipinski definition) is 3. The average Bonchev–Trinajstić information content (AvgIpc) is 3.84. The molecule has 1 N–H and O–H groups in total. The minimum atomic E-state index is -0.360. The number of fused-ring (bicyclic) bond motifs is 6. The molecular weight excluding hydrogens is 683 g/mol. The summed E-state index contributed by atoms with van der Waals surface area (Å²) in [4.78, 5) is 10.4. The van der Waals surface area contributed by atoms with E-state index < -0.39 is 0 Å². The molecule has 0 aliphatic carbocycles. The van der Waals surface area contributed by atoms with Crippen molar-refractivity contribution in [1.82, 2.24) is 14.5 Å². The van der Waals surface area contributed by atoms with E-state index in [0.29, 0.717) is 22.7 Å². The molecule has 8 aromatic carbocycles. The van der Waals surface area contributed by atoms with E-state index >= 15 is 0 Å². The maximum absolute atomic E-state index is 9.07. The van der Waals surface area contributed by atoms with Crippen molar-refractivity contribution in [3.8, 4) is 27.9 Å². The number of aliphatic imine (C=N–C) groups is 2. The van der Waals surface area contributed by atoms with E-state index in [4.69, 9.17) is 15.5 Å². The van der Waals surface area contributed by atoms with Crippen LogP contribution in [-0.4, -0.2) is 20.9 Å². The molecule has 56 heavy (non-hydrogen) atoms. The highest BCUT2D eigenvalue weighted by atomic mass is 15.3. The van der Waals surface area contributed by atoms with Crippen LogP contribution in [-0.2, 0) is 0 Å². The summed E-state index contributed by atoms with van der Waals surface area (Å²) in [5, 5.41) is 7.17. The summed E-state index contributed by atoms with van der Waals surface area (Å²) in [7, 11) is 0. The lowest BCUT2D eigenvalue weighted by molar-refractivity contribution is 0.668. The standard InChI is InChI=1S/C51H35N5/c1-3-14-34(15-4-1)39-30-31-48-44(33-39)43-22-9-10-23-45(43)55(48)40-19-13-18-38(32-40)35-26-28-37(29-27-35)50-52-49(36-16-5-2-6-17-36)53-51(54-50)56-46-24-11-7-20-41(46)42-21-8-12-25-47(42)56/h1-33,49H,(H,52,53,54)/i9D,10D,22D,23D. The number of amidine groups is 1. The lowest BCUT2D eigenvalue weighted by Gasteiger charge is -2.24. The van der Waals surface area contributed by atoms with Gasteiger partial charge in [0, 0.05) is 32.8 Å². The lowest BCUT2D eigenvalue weighted by Crippen LogP contribution is -2.35. The number of rotatable bonds is 5. The zero-order valence-corrected chi connectivity index (χ0v) is 30.1. The molecule has 0 amide bonds. The molecule has 0 radical (unpaired) electrons. The molecule has 264 valence electrons. The molecule has 1 aliphatic rings. The first-order valence-electron chi connectivity index (χ1n) is 20.7. The maximum Gasteiger partial charge on any atom is 0.234 e. The Bertz CT molecular complexity index is 3330. The van der Waals surface area contributed by atoms with E-state index in [2.05, 4.69) is 94.8 Å². The maximum atomic E-state index is 9.07. The zero-order chi connectivity index (χ0) is 40.5. The Hall–Kier alpha value is -7.50. The van der Waals surface area contributed by atoms with Crippen LogP contribution in [0.15, 0.2) is 210 Å². The van der Waals surface area contributed by atoms with Gasteiger partial charge < -0.3 is 9.88 Å². The number of nitrogens with one attached hydrogen (secondary N) is 1. The predicted octanol–water partition coefficient (Wildman–Crippen LogP) is 12.2. The molecule has 1 atom stereocenters. The van der Waals surface area contributed by atoms with Gasteiger partial charge in [0.05, 0.1) is 27.5 Å². The first-order chi connectivity index (χ1) is 29.4. The Morgan fingerprint density at radius 2 is 1.04 bits per heavy atom. The van der Waals surface area contributed by atoms with Crippen molar-refractivity contribution in [2.45, 2.75) is 6.17 Å². The van der Waals surface area contributed by atoms with Crippen molar-refractivity contribution in [2.75, 3.05) is 0 Å². The van der Waals surface area contributed by atoms with Crippen molar-refractivity contribution < 1.29 is 5.48 Å². The first kappa shape index (κ1) is 28.0. The van der Waals surface area contributed by atoms with E-state index in [9.17, 15) is 0 Å². The summed E-state index contributed by atoms with van der Waals surface area (Å²) in [5.74, 6) is 1.32. The van der Waals surface area contributed by atoms with Crippen LogP contribution in [0.5, 0.6) is 0 Å². The van der Waals surface area contributed by atoms with Crippen molar-refractivity contribution >= 4 is 55.4 Å². The number of para-hydroxylation sites is 3. The van der Waals surface area contributed by atoms with Gasteiger partial charge >= 0.3 is 0 Å². The van der Waals surface area contributed by atoms with Crippen LogP contribution in [0.25, 0.3) is 71.6 Å². The third-order valence-corrected chi connectivity index (χ3v) is 10.7. The Balaban J connectivity index is 1.01. The Labute approximate surface area is 329 Å². The van der Waals surface area contributed by atoms with Gasteiger partial charge in [0.1, 0.15) is 12.0 Å². The second-order valence-corrected chi connectivity index (χ2v) is 14.0. The average molecular weight is 722 g/mol. The van der Waals surface area contributed by atoms with Crippen molar-refractivity contribution in [1.29, 1.82) is 0 Å². The monoisotopic (exact) mass is 721 g/mol. The Morgan fingerprint density at radius 3 is 1.80 bits per heavy atom. The molecule has 0 spiro atoms. The summed E-state index contributed by atoms with van der Waals surface area (Å²) in [6, 6.07) is 58.9. The summed E-state index contributed by atoms with van der Waals surface area (Å²) < 4.78 is 39.4. The molecule has 1 aliphatic heterocycles. The lowest BCUT2D eigenvalue weighted by atomic mass is 10.0. The normalized spacial score (nSPS) is 15.2. The fourth-order valence-corrected chi connectivity index (χ4v) is 8.07. The molecule has 11 rings (SSSR count). The topological polar surface area (TPSA) is 46.6 Å². The fraction of sp³-hybridized carbons (Fsp3) is 0.0196. The SMILES string of the molecule is [2H]c1c([2H])c([2H])c2c(c1[2H])c1cc(-c3ccccc3)ccc1n2-c1cccc(-c2ccc(C3=NC(n4c5ccccc5c5ccccc54)=NC(c4ccccc4)N3)cc2)c1. The summed E-state index contributed by atoms with van der Waals surface area (Å²) in [5.41, 5.74) is 10.0. The zero-order valence-electron chi connectivity index (χ0n) is 34.1. The van der Waals surface area contributed by atoms with Crippen LogP contribution in [0, 0.1) is 0 Å². The quantitative estimate of drug-likeness (QED) is 0.189. The van der Waals surface area contributed by atoms with Crippen LogP contribution in [0.4, 0.5) is 0 Å². The highest BCUT2D eigenvalue weighted by Gasteiger charge is 2.24. The molecule has 10 aromatic rings. The van der Waals surface area contributed by atoms with Gasteiger partial charge in [-0.3, -0.25) is 4.57 Å². The van der Waals surface area contributed by atoms with E-state index in [1.807, 2.05) is 95.6 Å². The molecule has 0 saturated heterocycles. The van der Waals surface area contributed by atoms with Crippen LogP contribution in [0.1, 0.15) is 22.8 Å². The smallest absolute Gasteiger partial charge is 0.234 e. The van der Waals surface area contributed by atoms with Gasteiger partial charge in [-0.15, -0.1) is 0 Å². The molecule has 3 heterocycles. The largest absolute Gasteiger partial charge is 0.344 e.